The number of fused-ring (bicyclic) bond motifs is 1. The number of aliphatic hydroxyl groups is 1. The van der Waals surface area contributed by atoms with E-state index in [4.69, 9.17) is 0 Å². The minimum atomic E-state index is -0.573. The summed E-state index contributed by atoms with van der Waals surface area (Å²) in [5.41, 5.74) is 0.840. The van der Waals surface area contributed by atoms with Gasteiger partial charge < -0.3 is 10.4 Å². The van der Waals surface area contributed by atoms with Crippen molar-refractivity contribution in [2.24, 2.45) is 14.1 Å². The Labute approximate surface area is 144 Å². The molecule has 0 aliphatic rings. The van der Waals surface area contributed by atoms with Crippen molar-refractivity contribution < 1.29 is 5.11 Å². The fourth-order valence-corrected chi connectivity index (χ4v) is 2.74. The van der Waals surface area contributed by atoms with Gasteiger partial charge in [0.1, 0.15) is 0 Å². The van der Waals surface area contributed by atoms with E-state index in [0.29, 0.717) is 23.7 Å². The van der Waals surface area contributed by atoms with E-state index in [1.807, 2.05) is 30.3 Å². The zero-order chi connectivity index (χ0) is 18.1. The smallest absolute Gasteiger partial charge is 0.332 e. The van der Waals surface area contributed by atoms with E-state index in [-0.39, 0.29) is 6.54 Å². The average molecular weight is 343 g/mol. The fourth-order valence-electron chi connectivity index (χ4n) is 2.74. The Kier molecular flexibility index (Phi) is 4.45. The van der Waals surface area contributed by atoms with Gasteiger partial charge in [0.05, 0.1) is 12.6 Å². The first-order valence-corrected chi connectivity index (χ1v) is 8.02. The Bertz CT molecular complexity index is 1010. The molecule has 0 radical (unpaired) electrons. The fraction of sp³-hybridized carbons (Fsp3) is 0.353. The third kappa shape index (κ3) is 3.08. The van der Waals surface area contributed by atoms with Gasteiger partial charge in [-0.25, -0.2) is 4.79 Å². The second kappa shape index (κ2) is 6.56. The van der Waals surface area contributed by atoms with E-state index in [9.17, 15) is 14.7 Å². The Morgan fingerprint density at radius 2 is 1.84 bits per heavy atom. The Balaban J connectivity index is 2.24. The molecule has 1 atom stereocenters. The number of aromatic nitrogens is 4. The van der Waals surface area contributed by atoms with Gasteiger partial charge in [0.25, 0.3) is 5.56 Å². The Hall–Kier alpha value is -2.87. The number of anilines is 1. The average Bonchev–Trinajstić information content (AvgIpc) is 2.95. The van der Waals surface area contributed by atoms with Gasteiger partial charge in [-0.3, -0.25) is 18.5 Å². The quantitative estimate of drug-likeness (QED) is 0.694. The summed E-state index contributed by atoms with van der Waals surface area (Å²) in [6.07, 6.45) is -0.573. The molecule has 2 aromatic heterocycles. The molecule has 8 heteroatoms. The van der Waals surface area contributed by atoms with Crippen LogP contribution in [0.25, 0.3) is 11.2 Å². The Morgan fingerprint density at radius 3 is 2.48 bits per heavy atom. The maximum Gasteiger partial charge on any atom is 0.332 e. The zero-order valence-corrected chi connectivity index (χ0v) is 14.4. The molecule has 0 bridgehead atoms. The summed E-state index contributed by atoms with van der Waals surface area (Å²) >= 11 is 0. The summed E-state index contributed by atoms with van der Waals surface area (Å²) in [6, 6.07) is 9.68. The van der Waals surface area contributed by atoms with E-state index in [2.05, 4.69) is 10.3 Å². The number of hydrogen-bond donors (Lipinski definition) is 2. The third-order valence-corrected chi connectivity index (χ3v) is 4.09. The first kappa shape index (κ1) is 17.0. The molecule has 0 aliphatic carbocycles. The number of imidazole rings is 1. The van der Waals surface area contributed by atoms with Gasteiger partial charge in [-0.2, -0.15) is 4.98 Å². The lowest BCUT2D eigenvalue weighted by molar-refractivity contribution is 0.208. The van der Waals surface area contributed by atoms with Crippen molar-refractivity contribution in [3.8, 4) is 0 Å². The molecule has 0 spiro atoms. The monoisotopic (exact) mass is 343 g/mol. The summed E-state index contributed by atoms with van der Waals surface area (Å²) in [6.45, 7) is 2.37. The van der Waals surface area contributed by atoms with Crippen molar-refractivity contribution in [1.82, 2.24) is 18.7 Å². The first-order valence-electron chi connectivity index (χ1n) is 8.02. The largest absolute Gasteiger partial charge is 0.392 e. The van der Waals surface area contributed by atoms with Crippen LogP contribution in [0, 0.1) is 0 Å². The van der Waals surface area contributed by atoms with Gasteiger partial charge in [0.15, 0.2) is 11.2 Å². The number of nitrogens with zero attached hydrogens (tertiary/aromatic N) is 4. The summed E-state index contributed by atoms with van der Waals surface area (Å²) in [5, 5.41) is 12.6. The lowest BCUT2D eigenvalue weighted by Crippen LogP contribution is -2.37. The van der Waals surface area contributed by atoms with Crippen LogP contribution in [0.15, 0.2) is 39.9 Å². The highest BCUT2D eigenvalue weighted by atomic mass is 16.3. The van der Waals surface area contributed by atoms with Gasteiger partial charge in [-0.1, -0.05) is 30.3 Å². The molecule has 0 amide bonds. The van der Waals surface area contributed by atoms with Crippen molar-refractivity contribution in [2.75, 3.05) is 11.9 Å². The number of nitrogens with one attached hydrogen (secondary N) is 1. The molecule has 8 nitrogen and oxygen atoms in total. The molecule has 2 N–H and O–H groups in total. The van der Waals surface area contributed by atoms with Gasteiger partial charge >= 0.3 is 5.69 Å². The van der Waals surface area contributed by atoms with Crippen molar-refractivity contribution in [3.63, 3.8) is 0 Å². The summed E-state index contributed by atoms with van der Waals surface area (Å²) in [5.74, 6) is 0.443. The van der Waals surface area contributed by atoms with Crippen molar-refractivity contribution in [2.45, 2.75) is 19.6 Å². The number of aliphatic hydroxyl groups excluding tert-OH is 1. The minimum absolute atomic E-state index is 0.284. The van der Waals surface area contributed by atoms with E-state index < -0.39 is 17.4 Å². The first-order chi connectivity index (χ1) is 11.9. The van der Waals surface area contributed by atoms with Crippen LogP contribution in [0.3, 0.4) is 0 Å². The normalized spacial score (nSPS) is 12.5. The van der Waals surface area contributed by atoms with E-state index in [1.54, 1.807) is 18.5 Å². The number of hydrogen-bond acceptors (Lipinski definition) is 5. The predicted octanol–water partition coefficient (Wildman–Crippen LogP) is 0.275. The van der Waals surface area contributed by atoms with Gasteiger partial charge in [0.2, 0.25) is 5.95 Å². The van der Waals surface area contributed by atoms with Crippen molar-refractivity contribution >= 4 is 17.1 Å². The van der Waals surface area contributed by atoms with E-state index in [1.165, 1.54) is 11.6 Å². The highest BCUT2D eigenvalue weighted by Gasteiger charge is 2.19. The molecule has 132 valence electrons. The molecular formula is C17H21N5O3. The highest BCUT2D eigenvalue weighted by molar-refractivity contribution is 5.74. The molecule has 1 aromatic carbocycles. The van der Waals surface area contributed by atoms with Crippen LogP contribution in [0.4, 0.5) is 5.95 Å². The number of rotatable bonds is 5. The highest BCUT2D eigenvalue weighted by Crippen LogP contribution is 2.17. The van der Waals surface area contributed by atoms with Crippen molar-refractivity contribution in [1.29, 1.82) is 0 Å². The number of benzene rings is 1. The predicted molar refractivity (Wildman–Crippen MR) is 95.9 cm³/mol. The van der Waals surface area contributed by atoms with Crippen LogP contribution in [-0.4, -0.2) is 36.4 Å². The molecule has 0 saturated heterocycles. The molecule has 2 heterocycles. The molecule has 0 unspecified atom stereocenters. The van der Waals surface area contributed by atoms with Gasteiger partial charge in [-0.15, -0.1) is 0 Å². The summed E-state index contributed by atoms with van der Waals surface area (Å²) in [7, 11) is 3.04. The molecule has 0 fully saturated rings. The van der Waals surface area contributed by atoms with Crippen LogP contribution in [0.5, 0.6) is 0 Å². The van der Waals surface area contributed by atoms with Crippen LogP contribution in [0.2, 0.25) is 0 Å². The van der Waals surface area contributed by atoms with Crippen LogP contribution >= 0.6 is 0 Å². The lowest BCUT2D eigenvalue weighted by atomic mass is 10.2. The van der Waals surface area contributed by atoms with Crippen LogP contribution < -0.4 is 16.6 Å². The van der Waals surface area contributed by atoms with Crippen LogP contribution in [-0.2, 0) is 20.6 Å². The maximum absolute atomic E-state index is 12.7. The Morgan fingerprint density at radius 1 is 1.16 bits per heavy atom. The number of aryl methyl sites for hydroxylation is 1. The molecule has 0 aliphatic heterocycles. The standard InChI is InChI=1S/C17H21N5O3/c1-11(23)9-18-16-19-14-13(15(24)21(3)17(25)20(14)2)22(16)10-12-7-5-4-6-8-12/h4-8,11,23H,9-10H2,1-3H3,(H,18,19)/t11-/m0/s1. The van der Waals surface area contributed by atoms with E-state index >= 15 is 0 Å². The third-order valence-electron chi connectivity index (χ3n) is 4.09. The van der Waals surface area contributed by atoms with Crippen molar-refractivity contribution in [3.05, 3.63) is 56.7 Å². The van der Waals surface area contributed by atoms with E-state index in [0.717, 1.165) is 10.1 Å². The van der Waals surface area contributed by atoms with Gasteiger partial charge in [-0.05, 0) is 12.5 Å². The molecule has 3 rings (SSSR count). The van der Waals surface area contributed by atoms with Gasteiger partial charge in [0, 0.05) is 20.6 Å². The molecule has 25 heavy (non-hydrogen) atoms. The molecule has 3 aromatic rings. The topological polar surface area (TPSA) is 94.1 Å². The van der Waals surface area contributed by atoms with Crippen LogP contribution in [0.1, 0.15) is 12.5 Å². The second-order valence-electron chi connectivity index (χ2n) is 6.12. The second-order valence-corrected chi connectivity index (χ2v) is 6.12. The lowest BCUT2D eigenvalue weighted by Gasteiger charge is -2.12. The SMILES string of the molecule is C[C@H](O)CNc1nc2c(c(=O)n(C)c(=O)n2C)n1Cc1ccccc1. The maximum atomic E-state index is 12.7. The molecular weight excluding hydrogens is 322 g/mol. The zero-order valence-electron chi connectivity index (χ0n) is 14.4. The summed E-state index contributed by atoms with van der Waals surface area (Å²) in [4.78, 5) is 29.3. The summed E-state index contributed by atoms with van der Waals surface area (Å²) < 4.78 is 4.17. The minimum Gasteiger partial charge on any atom is -0.392 e. The molecule has 0 saturated carbocycles.